The number of amides is 1. The number of hydrogen-bond donors (Lipinski definition) is 3. The van der Waals surface area contributed by atoms with Crippen LogP contribution in [-0.4, -0.2) is 38.8 Å². The van der Waals surface area contributed by atoms with E-state index >= 15 is 0 Å². The number of benzene rings is 2. The van der Waals surface area contributed by atoms with E-state index in [0.717, 1.165) is 29.8 Å². The zero-order valence-corrected chi connectivity index (χ0v) is 23.8. The van der Waals surface area contributed by atoms with Gasteiger partial charge in [-0.1, -0.05) is 61.5 Å². The smallest absolute Gasteiger partial charge is 0.305 e. The molecule has 0 radical (unpaired) electrons. The van der Waals surface area contributed by atoms with Crippen molar-refractivity contribution < 1.29 is 24.2 Å². The first kappa shape index (κ1) is 30.6. The Kier molecular flexibility index (Phi) is 10.2. The summed E-state index contributed by atoms with van der Waals surface area (Å²) in [6, 6.07) is 14.5. The van der Waals surface area contributed by atoms with Gasteiger partial charge in [0.1, 0.15) is 11.9 Å². The predicted octanol–water partition coefficient (Wildman–Crippen LogP) is 6.80. The van der Waals surface area contributed by atoms with Gasteiger partial charge in [0.2, 0.25) is 0 Å². The second-order valence-corrected chi connectivity index (χ2v) is 10.8. The summed E-state index contributed by atoms with van der Waals surface area (Å²) in [5.74, 6) is -1.95. The molecule has 1 heterocycles. The monoisotopic (exact) mass is 573 g/mol. The Labute approximate surface area is 244 Å². The standard InChI is InChI=1S/C33H36FN3O5/c1-21(2)31-30(33(41)35-25-11-7-4-8-12-25)29(22-9-5-3-6-10-22)32(23-13-15-24(34)16-14-23)37(31)18-17-27(38)19-26(36-42)20-28(39)40/h3,5-7,9-16,21,26-27,38H,4,8,17-20H2,1-2H3,(H,35,41)(H,39,40)/t26?,27-/m1/s1. The average Bonchev–Trinajstić information content (AvgIpc) is 3.32. The first-order valence-corrected chi connectivity index (χ1v) is 14.2. The molecule has 9 heteroatoms. The molecule has 3 N–H and O–H groups in total. The number of aliphatic hydroxyl groups excluding tert-OH is 1. The summed E-state index contributed by atoms with van der Waals surface area (Å²) >= 11 is 0. The Morgan fingerprint density at radius 2 is 1.76 bits per heavy atom. The number of carbonyl (C=O) groups excluding carboxylic acids is 1. The maximum Gasteiger partial charge on any atom is 0.305 e. The van der Waals surface area contributed by atoms with Gasteiger partial charge >= 0.3 is 5.97 Å². The number of rotatable bonds is 13. The number of carboxylic acids is 1. The van der Waals surface area contributed by atoms with Crippen molar-refractivity contribution in [1.29, 1.82) is 0 Å². The molecule has 1 amide bonds. The number of halogens is 1. The van der Waals surface area contributed by atoms with E-state index in [1.807, 2.05) is 67.0 Å². The van der Waals surface area contributed by atoms with Gasteiger partial charge in [0.05, 0.1) is 23.8 Å². The van der Waals surface area contributed by atoms with Crippen molar-refractivity contribution in [1.82, 2.24) is 9.88 Å². The lowest BCUT2D eigenvalue weighted by molar-refractivity contribution is -0.137. The molecule has 0 saturated heterocycles. The number of carboxylic acid groups (broad SMARTS) is 1. The van der Waals surface area contributed by atoms with Gasteiger partial charge < -0.3 is 20.1 Å². The normalized spacial score (nSPS) is 14.4. The van der Waals surface area contributed by atoms with Crippen LogP contribution in [0.3, 0.4) is 0 Å². The highest BCUT2D eigenvalue weighted by Gasteiger charge is 2.31. The fourth-order valence-corrected chi connectivity index (χ4v) is 5.47. The molecule has 0 aliphatic heterocycles. The highest BCUT2D eigenvalue weighted by molar-refractivity contribution is 6.07. The second kappa shape index (κ2) is 14.0. The lowest BCUT2D eigenvalue weighted by atomic mass is 9.94. The molecule has 0 bridgehead atoms. The van der Waals surface area contributed by atoms with Crippen molar-refractivity contribution in [3.05, 3.63) is 101 Å². The third-order valence-electron chi connectivity index (χ3n) is 7.30. The van der Waals surface area contributed by atoms with E-state index in [9.17, 15) is 24.0 Å². The highest BCUT2D eigenvalue weighted by atomic mass is 19.1. The number of carbonyl (C=O) groups is 2. The van der Waals surface area contributed by atoms with Crippen molar-refractivity contribution in [2.24, 2.45) is 5.18 Å². The highest BCUT2D eigenvalue weighted by Crippen LogP contribution is 2.42. The summed E-state index contributed by atoms with van der Waals surface area (Å²) in [5.41, 5.74) is 4.85. The average molecular weight is 574 g/mol. The quantitative estimate of drug-likeness (QED) is 0.194. The lowest BCUT2D eigenvalue weighted by Crippen LogP contribution is -2.25. The van der Waals surface area contributed by atoms with Crippen LogP contribution >= 0.6 is 0 Å². The lowest BCUT2D eigenvalue weighted by Gasteiger charge is -2.20. The largest absolute Gasteiger partial charge is 0.481 e. The molecule has 3 aromatic rings. The number of nitrogens with one attached hydrogen (secondary N) is 1. The molecule has 220 valence electrons. The SMILES string of the molecule is CC(C)c1c(C(=O)NC2=CCCC=C2)c(-c2ccccc2)c(-c2ccc(F)cc2)n1CC[C@@H](O)CC(CC(=O)O)N=O. The molecule has 0 saturated carbocycles. The van der Waals surface area contributed by atoms with Gasteiger partial charge in [-0.25, -0.2) is 4.39 Å². The van der Waals surface area contributed by atoms with Gasteiger partial charge in [0.25, 0.3) is 5.91 Å². The summed E-state index contributed by atoms with van der Waals surface area (Å²) in [4.78, 5) is 36.4. The molecule has 1 unspecified atom stereocenters. The number of aliphatic carboxylic acids is 1. The maximum absolute atomic E-state index is 14.1. The number of hydrogen-bond acceptors (Lipinski definition) is 5. The molecule has 42 heavy (non-hydrogen) atoms. The van der Waals surface area contributed by atoms with E-state index in [1.165, 1.54) is 12.1 Å². The van der Waals surface area contributed by atoms with Crippen molar-refractivity contribution in [2.45, 2.75) is 70.6 Å². The number of nitrogens with zero attached hydrogens (tertiary/aromatic N) is 2. The zero-order valence-electron chi connectivity index (χ0n) is 23.8. The summed E-state index contributed by atoms with van der Waals surface area (Å²) in [5, 5.41) is 25.8. The van der Waals surface area contributed by atoms with Crippen molar-refractivity contribution >= 4 is 11.9 Å². The Balaban J connectivity index is 1.87. The van der Waals surface area contributed by atoms with E-state index in [1.54, 1.807) is 12.1 Å². The van der Waals surface area contributed by atoms with Crippen molar-refractivity contribution in [2.75, 3.05) is 0 Å². The first-order valence-electron chi connectivity index (χ1n) is 14.2. The minimum atomic E-state index is -1.16. The predicted molar refractivity (Wildman–Crippen MR) is 160 cm³/mol. The zero-order chi connectivity index (χ0) is 30.2. The van der Waals surface area contributed by atoms with Gasteiger partial charge in [0, 0.05) is 23.5 Å². The van der Waals surface area contributed by atoms with Crippen LogP contribution in [-0.2, 0) is 11.3 Å². The fourth-order valence-electron chi connectivity index (χ4n) is 5.47. The summed E-state index contributed by atoms with van der Waals surface area (Å²) in [6.45, 7) is 4.23. The van der Waals surface area contributed by atoms with Crippen LogP contribution in [0.25, 0.3) is 22.4 Å². The Hall–Kier alpha value is -4.37. The van der Waals surface area contributed by atoms with Crippen LogP contribution in [0.5, 0.6) is 0 Å². The summed E-state index contributed by atoms with van der Waals surface area (Å²) < 4.78 is 16.0. The molecule has 4 rings (SSSR count). The van der Waals surface area contributed by atoms with E-state index in [2.05, 4.69) is 10.5 Å². The van der Waals surface area contributed by atoms with Gasteiger partial charge in [0.15, 0.2) is 0 Å². The van der Waals surface area contributed by atoms with Crippen LogP contribution in [0, 0.1) is 10.7 Å². The van der Waals surface area contributed by atoms with E-state index < -0.39 is 30.4 Å². The third-order valence-corrected chi connectivity index (χ3v) is 7.30. The summed E-state index contributed by atoms with van der Waals surface area (Å²) in [6.07, 6.45) is 6.23. The molecule has 1 aromatic heterocycles. The number of nitroso groups, excluding NO2 is 1. The van der Waals surface area contributed by atoms with Crippen LogP contribution in [0.2, 0.25) is 0 Å². The van der Waals surface area contributed by atoms with E-state index in [4.69, 9.17) is 5.11 Å². The molecule has 1 aliphatic rings. The van der Waals surface area contributed by atoms with Crippen molar-refractivity contribution in [3.63, 3.8) is 0 Å². The molecule has 8 nitrogen and oxygen atoms in total. The minimum absolute atomic E-state index is 0.0979. The van der Waals surface area contributed by atoms with Crippen molar-refractivity contribution in [3.8, 4) is 22.4 Å². The number of aromatic nitrogens is 1. The van der Waals surface area contributed by atoms with Crippen LogP contribution in [0.4, 0.5) is 4.39 Å². The van der Waals surface area contributed by atoms with E-state index in [0.29, 0.717) is 22.4 Å². The second-order valence-electron chi connectivity index (χ2n) is 10.8. The molecular weight excluding hydrogens is 537 g/mol. The molecule has 2 aromatic carbocycles. The Morgan fingerprint density at radius 1 is 1.05 bits per heavy atom. The molecular formula is C33H36FN3O5. The molecule has 1 aliphatic carbocycles. The maximum atomic E-state index is 14.1. The van der Waals surface area contributed by atoms with Crippen LogP contribution < -0.4 is 5.32 Å². The van der Waals surface area contributed by atoms with Crippen LogP contribution in [0.1, 0.15) is 67.9 Å². The van der Waals surface area contributed by atoms with Crippen LogP contribution in [0.15, 0.2) is 83.7 Å². The fraction of sp³-hybridized carbons (Fsp3) is 0.333. The molecule has 0 fully saturated rings. The summed E-state index contributed by atoms with van der Waals surface area (Å²) in [7, 11) is 0. The third kappa shape index (κ3) is 7.28. The minimum Gasteiger partial charge on any atom is -0.481 e. The van der Waals surface area contributed by atoms with Gasteiger partial charge in [-0.05, 0) is 73.1 Å². The molecule has 2 atom stereocenters. The van der Waals surface area contributed by atoms with E-state index in [-0.39, 0.29) is 31.2 Å². The number of aliphatic hydroxyl groups is 1. The topological polar surface area (TPSA) is 121 Å². The molecule has 0 spiro atoms. The van der Waals surface area contributed by atoms with Gasteiger partial charge in [-0.2, -0.15) is 4.91 Å². The number of allylic oxidation sites excluding steroid dienone is 3. The Morgan fingerprint density at radius 3 is 2.36 bits per heavy atom. The first-order chi connectivity index (χ1) is 20.2. The van der Waals surface area contributed by atoms with Gasteiger partial charge in [-0.15, -0.1) is 0 Å². The van der Waals surface area contributed by atoms with Gasteiger partial charge in [-0.3, -0.25) is 9.59 Å². The Bertz CT molecular complexity index is 1480.